The van der Waals surface area contributed by atoms with Gasteiger partial charge in [-0.1, -0.05) is 91.0 Å². The Morgan fingerprint density at radius 2 is 1.23 bits per heavy atom. The minimum atomic E-state index is -1.43. The lowest BCUT2D eigenvalue weighted by molar-refractivity contribution is -0.155. The first kappa shape index (κ1) is 33.3. The Labute approximate surface area is 276 Å². The van der Waals surface area contributed by atoms with Crippen molar-refractivity contribution < 1.29 is 38.5 Å². The summed E-state index contributed by atoms with van der Waals surface area (Å²) in [6.45, 7) is -0.147. The van der Waals surface area contributed by atoms with Gasteiger partial charge >= 0.3 is 18.0 Å². The number of hydrogen-bond acceptors (Lipinski definition) is 8. The SMILES string of the molecule is O=C(CC(NC(=O)C(Cc1c[nH]c2ccc(O)cc12)NC(=O)OCc1ccccc1)C(=O)OCc1ccccc1)OCc1ccccc1. The lowest BCUT2D eigenvalue weighted by atomic mass is 10.0. The van der Waals surface area contributed by atoms with Crippen LogP contribution in [0.3, 0.4) is 0 Å². The Balaban J connectivity index is 1.33. The average Bonchev–Trinajstić information content (AvgIpc) is 3.50. The first-order valence-corrected chi connectivity index (χ1v) is 15.3. The normalized spacial score (nSPS) is 12.0. The number of aromatic nitrogens is 1. The molecule has 2 amide bonds. The van der Waals surface area contributed by atoms with Crippen molar-refractivity contribution in [2.24, 2.45) is 0 Å². The van der Waals surface area contributed by atoms with Crippen LogP contribution in [0.5, 0.6) is 5.75 Å². The number of amides is 2. The first-order chi connectivity index (χ1) is 23.3. The Bertz CT molecular complexity index is 1830. The highest BCUT2D eigenvalue weighted by Crippen LogP contribution is 2.24. The molecular formula is C37H35N3O8. The number of carbonyl (C=O) groups is 4. The highest BCUT2D eigenvalue weighted by molar-refractivity contribution is 5.92. The van der Waals surface area contributed by atoms with E-state index in [0.717, 1.165) is 11.1 Å². The molecule has 0 saturated carbocycles. The van der Waals surface area contributed by atoms with Gasteiger partial charge in [-0.2, -0.15) is 0 Å². The van der Waals surface area contributed by atoms with Crippen molar-refractivity contribution in [1.29, 1.82) is 0 Å². The van der Waals surface area contributed by atoms with Gasteiger partial charge in [0.15, 0.2) is 0 Å². The van der Waals surface area contributed by atoms with Gasteiger partial charge in [-0.15, -0.1) is 0 Å². The third kappa shape index (κ3) is 9.70. The molecule has 48 heavy (non-hydrogen) atoms. The van der Waals surface area contributed by atoms with Crippen LogP contribution in [0, 0.1) is 0 Å². The second-order valence-electron chi connectivity index (χ2n) is 11.0. The monoisotopic (exact) mass is 649 g/mol. The summed E-state index contributed by atoms with van der Waals surface area (Å²) in [7, 11) is 0. The summed E-state index contributed by atoms with van der Waals surface area (Å²) in [6, 6.07) is 29.1. The van der Waals surface area contributed by atoms with Gasteiger partial charge in [0.2, 0.25) is 5.91 Å². The van der Waals surface area contributed by atoms with E-state index in [9.17, 15) is 24.3 Å². The van der Waals surface area contributed by atoms with Crippen LogP contribution in [-0.4, -0.2) is 46.1 Å². The van der Waals surface area contributed by atoms with Crippen molar-refractivity contribution in [3.05, 3.63) is 138 Å². The van der Waals surface area contributed by atoms with Crippen LogP contribution < -0.4 is 10.6 Å². The van der Waals surface area contributed by atoms with E-state index < -0.39 is 42.4 Å². The molecule has 0 saturated heterocycles. The smallest absolute Gasteiger partial charge is 0.408 e. The van der Waals surface area contributed by atoms with Crippen molar-refractivity contribution in [1.82, 2.24) is 15.6 Å². The molecule has 0 radical (unpaired) electrons. The standard InChI is InChI=1S/C37H35N3O8/c41-29-16-17-31-30(19-29)28(21-38-31)18-32(40-37(45)48-24-27-14-8-3-9-15-27)35(43)39-33(36(44)47-23-26-12-6-2-7-13-26)20-34(42)46-22-25-10-4-1-5-11-25/h1-17,19,21,32-33,38,41H,18,20,22-24H2,(H,39,43)(H,40,45). The predicted molar refractivity (Wildman–Crippen MR) is 176 cm³/mol. The number of nitrogens with one attached hydrogen (secondary N) is 3. The Morgan fingerprint density at radius 3 is 1.83 bits per heavy atom. The average molecular weight is 650 g/mol. The zero-order chi connectivity index (χ0) is 33.7. The summed E-state index contributed by atoms with van der Waals surface area (Å²) in [5, 5.41) is 15.9. The highest BCUT2D eigenvalue weighted by atomic mass is 16.6. The zero-order valence-electron chi connectivity index (χ0n) is 26.0. The number of H-pyrrole nitrogens is 1. The molecule has 1 aromatic heterocycles. The minimum absolute atomic E-state index is 0.0230. The first-order valence-electron chi connectivity index (χ1n) is 15.3. The second kappa shape index (κ2) is 16.5. The van der Waals surface area contributed by atoms with Gasteiger partial charge in [0.25, 0.3) is 0 Å². The molecule has 0 spiro atoms. The second-order valence-corrected chi connectivity index (χ2v) is 11.0. The summed E-state index contributed by atoms with van der Waals surface area (Å²) in [6.07, 6.45) is 0.235. The quantitative estimate of drug-likeness (QED) is 0.0960. The van der Waals surface area contributed by atoms with E-state index in [1.54, 1.807) is 85.1 Å². The molecule has 0 aliphatic heterocycles. The van der Waals surface area contributed by atoms with Crippen molar-refractivity contribution >= 4 is 34.8 Å². The molecule has 0 aliphatic carbocycles. The van der Waals surface area contributed by atoms with Gasteiger partial charge in [0, 0.05) is 23.5 Å². The van der Waals surface area contributed by atoms with Crippen LogP contribution in [0.4, 0.5) is 4.79 Å². The lowest BCUT2D eigenvalue weighted by Crippen LogP contribution is -2.53. The number of esters is 2. The number of benzene rings is 4. The molecule has 5 rings (SSSR count). The van der Waals surface area contributed by atoms with Gasteiger partial charge in [-0.25, -0.2) is 9.59 Å². The molecular weight excluding hydrogens is 614 g/mol. The number of phenolic OH excluding ortho intramolecular Hbond substituents is 1. The van der Waals surface area contributed by atoms with Gasteiger partial charge in [-0.3, -0.25) is 9.59 Å². The molecule has 0 aliphatic rings. The topological polar surface area (TPSA) is 156 Å². The molecule has 0 bridgehead atoms. The lowest BCUT2D eigenvalue weighted by Gasteiger charge is -2.22. The van der Waals surface area contributed by atoms with Crippen molar-refractivity contribution in [2.75, 3.05) is 0 Å². The maximum atomic E-state index is 13.8. The zero-order valence-corrected chi connectivity index (χ0v) is 26.0. The number of carbonyl (C=O) groups excluding carboxylic acids is 4. The fourth-order valence-electron chi connectivity index (χ4n) is 4.93. The molecule has 11 nitrogen and oxygen atoms in total. The van der Waals surface area contributed by atoms with Crippen molar-refractivity contribution in [3.8, 4) is 5.75 Å². The molecule has 4 aromatic carbocycles. The molecule has 5 aromatic rings. The third-order valence-corrected chi connectivity index (χ3v) is 7.43. The summed E-state index contributed by atoms with van der Waals surface area (Å²) in [5.41, 5.74) is 3.52. The van der Waals surface area contributed by atoms with E-state index in [1.807, 2.05) is 18.2 Å². The summed E-state index contributed by atoms with van der Waals surface area (Å²) in [5.74, 6) is -2.33. The van der Waals surface area contributed by atoms with E-state index in [0.29, 0.717) is 22.0 Å². The van der Waals surface area contributed by atoms with Crippen LogP contribution in [0.1, 0.15) is 28.7 Å². The largest absolute Gasteiger partial charge is 0.508 e. The molecule has 2 atom stereocenters. The number of alkyl carbamates (subject to hydrolysis) is 1. The summed E-state index contributed by atoms with van der Waals surface area (Å²) in [4.78, 5) is 56.0. The Morgan fingerprint density at radius 1 is 0.667 bits per heavy atom. The minimum Gasteiger partial charge on any atom is -0.508 e. The molecule has 1 heterocycles. The van der Waals surface area contributed by atoms with E-state index >= 15 is 0 Å². The van der Waals surface area contributed by atoms with Crippen LogP contribution in [0.25, 0.3) is 10.9 Å². The van der Waals surface area contributed by atoms with Crippen LogP contribution in [0.15, 0.2) is 115 Å². The van der Waals surface area contributed by atoms with Crippen molar-refractivity contribution in [2.45, 2.75) is 44.7 Å². The third-order valence-electron chi connectivity index (χ3n) is 7.43. The maximum Gasteiger partial charge on any atom is 0.408 e. The van der Waals surface area contributed by atoms with Crippen LogP contribution in [-0.2, 0) is 54.8 Å². The molecule has 4 N–H and O–H groups in total. The van der Waals surface area contributed by atoms with Gasteiger partial charge in [-0.05, 0) is 40.5 Å². The molecule has 11 heteroatoms. The van der Waals surface area contributed by atoms with Crippen LogP contribution in [0.2, 0.25) is 0 Å². The Hall–Kier alpha value is -6.10. The summed E-state index contributed by atoms with van der Waals surface area (Å²) < 4.78 is 16.2. The van der Waals surface area contributed by atoms with Crippen molar-refractivity contribution in [3.63, 3.8) is 0 Å². The number of rotatable bonds is 14. The predicted octanol–water partition coefficient (Wildman–Crippen LogP) is 5.07. The maximum absolute atomic E-state index is 13.8. The molecule has 2 unspecified atom stereocenters. The Kier molecular flexibility index (Phi) is 11.4. The highest BCUT2D eigenvalue weighted by Gasteiger charge is 2.31. The van der Waals surface area contributed by atoms with E-state index in [2.05, 4.69) is 15.6 Å². The number of phenols is 1. The number of aromatic hydroxyl groups is 1. The van der Waals surface area contributed by atoms with Crippen LogP contribution >= 0.6 is 0 Å². The molecule has 246 valence electrons. The fraction of sp³-hybridized carbons (Fsp3) is 0.189. The number of hydrogen-bond donors (Lipinski definition) is 4. The van der Waals surface area contributed by atoms with E-state index in [4.69, 9.17) is 14.2 Å². The number of ether oxygens (including phenoxy) is 3. The van der Waals surface area contributed by atoms with E-state index in [1.165, 1.54) is 12.1 Å². The molecule has 0 fully saturated rings. The van der Waals surface area contributed by atoms with Gasteiger partial charge < -0.3 is 34.9 Å². The van der Waals surface area contributed by atoms with Gasteiger partial charge in [0.1, 0.15) is 37.7 Å². The van der Waals surface area contributed by atoms with Gasteiger partial charge in [0.05, 0.1) is 6.42 Å². The van der Waals surface area contributed by atoms with E-state index in [-0.39, 0.29) is 32.0 Å². The number of fused-ring (bicyclic) bond motifs is 1. The summed E-state index contributed by atoms with van der Waals surface area (Å²) >= 11 is 0. The number of aromatic amines is 1. The fourth-order valence-corrected chi connectivity index (χ4v) is 4.93.